The Kier molecular flexibility index (Phi) is 5.78. The van der Waals surface area contributed by atoms with E-state index in [0.29, 0.717) is 6.42 Å². The number of Topliss-reactive ketones (excluding diaryl/α,β-unsaturated/α-hetero) is 1. The van der Waals surface area contributed by atoms with Gasteiger partial charge in [-0.15, -0.1) is 0 Å². The summed E-state index contributed by atoms with van der Waals surface area (Å²) in [5.74, 6) is 0.0853. The molecule has 2 aliphatic heterocycles. The summed E-state index contributed by atoms with van der Waals surface area (Å²) in [7, 11) is 1.96. The highest BCUT2D eigenvalue weighted by Gasteiger charge is 2.23. The van der Waals surface area contributed by atoms with Gasteiger partial charge in [0.1, 0.15) is 5.82 Å². The fourth-order valence-electron chi connectivity index (χ4n) is 4.37. The SMILES string of the molecule is Cn1ccc2c1C(=O)CCN(CCCN1CCN(c3ccc(F)cc3)CC1)C2. The smallest absolute Gasteiger partial charge is 0.180 e. The maximum absolute atomic E-state index is 13.1. The molecular weight excluding hydrogens is 355 g/mol. The number of fused-ring (bicyclic) bond motifs is 1. The first kappa shape index (κ1) is 19.2. The largest absolute Gasteiger partial charge is 0.369 e. The van der Waals surface area contributed by atoms with Gasteiger partial charge >= 0.3 is 0 Å². The van der Waals surface area contributed by atoms with E-state index in [9.17, 15) is 9.18 Å². The maximum Gasteiger partial charge on any atom is 0.180 e. The van der Waals surface area contributed by atoms with Crippen LogP contribution in [0, 0.1) is 5.82 Å². The third-order valence-electron chi connectivity index (χ3n) is 5.98. The van der Waals surface area contributed by atoms with Crippen molar-refractivity contribution in [3.05, 3.63) is 53.6 Å². The molecule has 0 unspecified atom stereocenters. The Morgan fingerprint density at radius 3 is 2.39 bits per heavy atom. The van der Waals surface area contributed by atoms with Gasteiger partial charge in [-0.1, -0.05) is 0 Å². The van der Waals surface area contributed by atoms with E-state index in [0.717, 1.165) is 75.7 Å². The zero-order valence-electron chi connectivity index (χ0n) is 16.6. The third-order valence-corrected chi connectivity index (χ3v) is 5.98. The van der Waals surface area contributed by atoms with E-state index in [1.54, 1.807) is 0 Å². The average molecular weight is 384 g/mol. The van der Waals surface area contributed by atoms with Crippen molar-refractivity contribution in [1.29, 1.82) is 0 Å². The Balaban J connectivity index is 1.22. The Labute approximate surface area is 166 Å². The Morgan fingerprint density at radius 2 is 1.64 bits per heavy atom. The summed E-state index contributed by atoms with van der Waals surface area (Å²) in [6.07, 6.45) is 3.72. The van der Waals surface area contributed by atoms with E-state index < -0.39 is 0 Å². The van der Waals surface area contributed by atoms with Crippen molar-refractivity contribution in [2.75, 3.05) is 50.7 Å². The highest BCUT2D eigenvalue weighted by Crippen LogP contribution is 2.20. The first-order valence-electron chi connectivity index (χ1n) is 10.2. The van der Waals surface area contributed by atoms with Crippen molar-refractivity contribution in [1.82, 2.24) is 14.4 Å². The summed E-state index contributed by atoms with van der Waals surface area (Å²) >= 11 is 0. The molecule has 6 heteroatoms. The Morgan fingerprint density at radius 1 is 0.929 bits per heavy atom. The molecule has 1 saturated heterocycles. The minimum atomic E-state index is -0.180. The van der Waals surface area contributed by atoms with E-state index in [4.69, 9.17) is 0 Å². The van der Waals surface area contributed by atoms with Gasteiger partial charge in [-0.05, 0) is 55.4 Å². The maximum atomic E-state index is 13.1. The number of benzene rings is 1. The number of aromatic nitrogens is 1. The average Bonchev–Trinajstić information content (AvgIpc) is 2.98. The first-order chi connectivity index (χ1) is 13.6. The predicted octanol–water partition coefficient (Wildman–Crippen LogP) is 2.76. The Bertz CT molecular complexity index is 808. The van der Waals surface area contributed by atoms with Crippen LogP contribution < -0.4 is 4.90 Å². The number of halogens is 1. The molecule has 0 atom stereocenters. The molecule has 1 aromatic heterocycles. The lowest BCUT2D eigenvalue weighted by molar-refractivity contribution is 0.0964. The molecule has 0 radical (unpaired) electrons. The van der Waals surface area contributed by atoms with Gasteiger partial charge in [0.2, 0.25) is 0 Å². The van der Waals surface area contributed by atoms with Gasteiger partial charge in [-0.25, -0.2) is 4.39 Å². The van der Waals surface area contributed by atoms with E-state index in [2.05, 4.69) is 20.8 Å². The highest BCUT2D eigenvalue weighted by molar-refractivity contribution is 5.96. The molecule has 28 heavy (non-hydrogen) atoms. The second-order valence-electron chi connectivity index (χ2n) is 7.91. The first-order valence-corrected chi connectivity index (χ1v) is 10.2. The third kappa shape index (κ3) is 4.28. The molecule has 150 valence electrons. The van der Waals surface area contributed by atoms with Crippen molar-refractivity contribution < 1.29 is 9.18 Å². The van der Waals surface area contributed by atoms with Crippen molar-refractivity contribution in [3.8, 4) is 0 Å². The number of anilines is 1. The molecule has 1 aromatic carbocycles. The van der Waals surface area contributed by atoms with Gasteiger partial charge in [0.25, 0.3) is 0 Å². The van der Waals surface area contributed by atoms with Gasteiger partial charge in [0, 0.05) is 64.6 Å². The second-order valence-corrected chi connectivity index (χ2v) is 7.91. The van der Waals surface area contributed by atoms with Gasteiger partial charge in [0.15, 0.2) is 5.78 Å². The molecule has 0 bridgehead atoms. The molecule has 5 nitrogen and oxygen atoms in total. The minimum absolute atomic E-state index is 0.180. The molecule has 0 amide bonds. The van der Waals surface area contributed by atoms with Crippen LogP contribution in [-0.4, -0.2) is 66.0 Å². The quantitative estimate of drug-likeness (QED) is 0.793. The van der Waals surface area contributed by atoms with Gasteiger partial charge in [-0.2, -0.15) is 0 Å². The molecule has 4 rings (SSSR count). The topological polar surface area (TPSA) is 31.7 Å². The van der Waals surface area contributed by atoms with Crippen LogP contribution in [0.15, 0.2) is 36.5 Å². The van der Waals surface area contributed by atoms with Gasteiger partial charge in [0.05, 0.1) is 5.69 Å². The lowest BCUT2D eigenvalue weighted by Crippen LogP contribution is -2.47. The highest BCUT2D eigenvalue weighted by atomic mass is 19.1. The lowest BCUT2D eigenvalue weighted by atomic mass is 10.1. The zero-order chi connectivity index (χ0) is 19.5. The fraction of sp³-hybridized carbons (Fsp3) is 0.500. The number of hydrogen-bond donors (Lipinski definition) is 0. The van der Waals surface area contributed by atoms with Crippen molar-refractivity contribution in [2.24, 2.45) is 7.05 Å². The molecule has 0 aliphatic carbocycles. The van der Waals surface area contributed by atoms with E-state index in [-0.39, 0.29) is 11.6 Å². The number of piperazine rings is 1. The number of aryl methyl sites for hydroxylation is 1. The van der Waals surface area contributed by atoms with Crippen LogP contribution in [0.2, 0.25) is 0 Å². The number of hydrogen-bond acceptors (Lipinski definition) is 4. The van der Waals surface area contributed by atoms with Crippen LogP contribution in [0.1, 0.15) is 28.9 Å². The number of carbonyl (C=O) groups excluding carboxylic acids is 1. The van der Waals surface area contributed by atoms with Crippen LogP contribution >= 0.6 is 0 Å². The van der Waals surface area contributed by atoms with Gasteiger partial charge < -0.3 is 9.47 Å². The van der Waals surface area contributed by atoms with Crippen LogP contribution in [0.5, 0.6) is 0 Å². The molecule has 2 aliphatic rings. The number of carbonyl (C=O) groups is 1. The van der Waals surface area contributed by atoms with Crippen molar-refractivity contribution >= 4 is 11.5 Å². The number of nitrogens with zero attached hydrogens (tertiary/aromatic N) is 4. The predicted molar refractivity (Wildman–Crippen MR) is 109 cm³/mol. The van der Waals surface area contributed by atoms with Crippen LogP contribution in [0.3, 0.4) is 0 Å². The van der Waals surface area contributed by atoms with Crippen molar-refractivity contribution in [2.45, 2.75) is 19.4 Å². The number of ketones is 1. The fourth-order valence-corrected chi connectivity index (χ4v) is 4.37. The van der Waals surface area contributed by atoms with Crippen LogP contribution in [0.4, 0.5) is 10.1 Å². The summed E-state index contributed by atoms with van der Waals surface area (Å²) in [6, 6.07) is 8.88. The summed E-state index contributed by atoms with van der Waals surface area (Å²) in [5.41, 5.74) is 3.16. The summed E-state index contributed by atoms with van der Waals surface area (Å²) < 4.78 is 15.0. The van der Waals surface area contributed by atoms with Crippen LogP contribution in [-0.2, 0) is 13.6 Å². The monoisotopic (exact) mass is 384 g/mol. The molecule has 1 fully saturated rings. The second kappa shape index (κ2) is 8.45. The molecule has 2 aromatic rings. The summed E-state index contributed by atoms with van der Waals surface area (Å²) in [5, 5.41) is 0. The zero-order valence-corrected chi connectivity index (χ0v) is 16.6. The summed E-state index contributed by atoms with van der Waals surface area (Å²) in [6.45, 7) is 7.89. The standard InChI is InChI=1S/C22H29FN4O/c1-24-11-7-18-17-26(12-8-21(28)22(18)24)10-2-9-25-13-15-27(16-14-25)20-5-3-19(23)4-6-20/h3-7,11H,2,8-10,12-17H2,1H3. The van der Waals surface area contributed by atoms with E-state index in [1.807, 2.05) is 29.9 Å². The molecule has 0 N–H and O–H groups in total. The number of rotatable bonds is 5. The van der Waals surface area contributed by atoms with Gasteiger partial charge in [-0.3, -0.25) is 14.6 Å². The minimum Gasteiger partial charge on any atom is -0.369 e. The summed E-state index contributed by atoms with van der Waals surface area (Å²) in [4.78, 5) is 19.6. The Hall–Kier alpha value is -2.18. The van der Waals surface area contributed by atoms with E-state index in [1.165, 1.54) is 12.1 Å². The molecular formula is C22H29FN4O. The van der Waals surface area contributed by atoms with Crippen molar-refractivity contribution in [3.63, 3.8) is 0 Å². The lowest BCUT2D eigenvalue weighted by Gasteiger charge is -2.36. The van der Waals surface area contributed by atoms with E-state index >= 15 is 0 Å². The molecule has 3 heterocycles. The molecule has 0 saturated carbocycles. The normalized spacial score (nSPS) is 18.9. The van der Waals surface area contributed by atoms with Crippen LogP contribution in [0.25, 0.3) is 0 Å². The molecule has 0 spiro atoms.